The number of sulfonamides is 1. The van der Waals surface area contributed by atoms with Gasteiger partial charge in [0.15, 0.2) is 0 Å². The first-order valence-electron chi connectivity index (χ1n) is 9.46. The van der Waals surface area contributed by atoms with Crippen molar-refractivity contribution in [1.82, 2.24) is 13.4 Å². The largest absolute Gasteiger partial charge is 0.328 e. The van der Waals surface area contributed by atoms with E-state index in [1.165, 1.54) is 25.6 Å². The maximum atomic E-state index is 12.9. The summed E-state index contributed by atoms with van der Waals surface area (Å²) in [4.78, 5) is 25.1. The van der Waals surface area contributed by atoms with Crippen molar-refractivity contribution in [2.45, 2.75) is 17.7 Å². The van der Waals surface area contributed by atoms with E-state index in [4.69, 9.17) is 0 Å². The zero-order valence-electron chi connectivity index (χ0n) is 16.6. The molecule has 1 fully saturated rings. The smallest absolute Gasteiger partial charge is 0.322 e. The van der Waals surface area contributed by atoms with Gasteiger partial charge in [0.2, 0.25) is 10.0 Å². The minimum absolute atomic E-state index is 0.0960. The Morgan fingerprint density at radius 2 is 1.67 bits per heavy atom. The summed E-state index contributed by atoms with van der Waals surface area (Å²) in [5.74, 6) is -0.444. The van der Waals surface area contributed by atoms with E-state index in [0.717, 1.165) is 18.4 Å². The second-order valence-corrected chi connectivity index (χ2v) is 10.1. The average molecular weight is 493 g/mol. The Kier molecular flexibility index (Phi) is 5.33. The van der Waals surface area contributed by atoms with Gasteiger partial charge in [0.05, 0.1) is 21.5 Å². The number of fused-ring (bicyclic) bond motifs is 1. The molecule has 1 N–H and O–H groups in total. The molecule has 0 bridgehead atoms. The highest BCUT2D eigenvalue weighted by Crippen LogP contribution is 2.27. The lowest BCUT2D eigenvalue weighted by molar-refractivity contribution is 0.102. The number of amides is 1. The number of benzene rings is 2. The molecule has 8 nitrogen and oxygen atoms in total. The van der Waals surface area contributed by atoms with Gasteiger partial charge in [-0.3, -0.25) is 13.9 Å². The summed E-state index contributed by atoms with van der Waals surface area (Å²) in [6, 6.07) is 9.65. The van der Waals surface area contributed by atoms with E-state index >= 15 is 0 Å². The summed E-state index contributed by atoms with van der Waals surface area (Å²) in [7, 11) is -0.276. The number of rotatable bonds is 4. The monoisotopic (exact) mass is 492 g/mol. The highest BCUT2D eigenvalue weighted by molar-refractivity contribution is 9.10. The van der Waals surface area contributed by atoms with Gasteiger partial charge in [-0.15, -0.1) is 0 Å². The first-order valence-corrected chi connectivity index (χ1v) is 11.7. The maximum absolute atomic E-state index is 12.9. The van der Waals surface area contributed by atoms with Crippen LogP contribution in [0.15, 0.2) is 50.6 Å². The Bertz CT molecular complexity index is 1320. The molecule has 4 rings (SSSR count). The molecule has 1 saturated heterocycles. The molecule has 2 heterocycles. The summed E-state index contributed by atoms with van der Waals surface area (Å²) < 4.78 is 30.7. The molecule has 1 aliphatic rings. The third kappa shape index (κ3) is 3.48. The predicted molar refractivity (Wildman–Crippen MR) is 118 cm³/mol. The molecule has 30 heavy (non-hydrogen) atoms. The molecule has 0 aliphatic carbocycles. The summed E-state index contributed by atoms with van der Waals surface area (Å²) >= 11 is 3.34. The lowest BCUT2D eigenvalue weighted by Gasteiger charge is -2.16. The number of carbonyl (C=O) groups is 1. The van der Waals surface area contributed by atoms with Crippen LogP contribution in [-0.2, 0) is 24.1 Å². The van der Waals surface area contributed by atoms with Gasteiger partial charge in [-0.05, 0) is 65.2 Å². The maximum Gasteiger partial charge on any atom is 0.328 e. The second kappa shape index (κ2) is 7.68. The fraction of sp³-hybridized carbons (Fsp3) is 0.300. The minimum atomic E-state index is -3.63. The van der Waals surface area contributed by atoms with Gasteiger partial charge in [0, 0.05) is 37.3 Å². The van der Waals surface area contributed by atoms with Crippen LogP contribution in [0.2, 0.25) is 0 Å². The molecule has 10 heteroatoms. The van der Waals surface area contributed by atoms with Crippen LogP contribution in [0.25, 0.3) is 11.0 Å². The van der Waals surface area contributed by atoms with Crippen LogP contribution in [0.1, 0.15) is 23.2 Å². The van der Waals surface area contributed by atoms with Crippen LogP contribution in [0, 0.1) is 0 Å². The quantitative estimate of drug-likeness (QED) is 0.605. The minimum Gasteiger partial charge on any atom is -0.322 e. The molecule has 1 amide bonds. The third-order valence-electron chi connectivity index (χ3n) is 5.42. The molecule has 0 unspecified atom stereocenters. The first kappa shape index (κ1) is 20.8. The van der Waals surface area contributed by atoms with Gasteiger partial charge in [-0.25, -0.2) is 13.2 Å². The molecule has 158 valence electrons. The zero-order chi connectivity index (χ0) is 21.6. The summed E-state index contributed by atoms with van der Waals surface area (Å²) in [5.41, 5.74) is 2.01. The van der Waals surface area contributed by atoms with Crippen molar-refractivity contribution >= 4 is 48.6 Å². The van der Waals surface area contributed by atoms with Crippen molar-refractivity contribution < 1.29 is 13.2 Å². The molecule has 1 aromatic heterocycles. The number of imidazole rings is 1. The van der Waals surface area contributed by atoms with Crippen molar-refractivity contribution in [1.29, 1.82) is 0 Å². The van der Waals surface area contributed by atoms with Crippen molar-refractivity contribution in [3.8, 4) is 0 Å². The molecule has 1 aliphatic heterocycles. The summed E-state index contributed by atoms with van der Waals surface area (Å²) in [6.07, 6.45) is 1.68. The number of hydrogen-bond acceptors (Lipinski definition) is 4. The van der Waals surface area contributed by atoms with Crippen molar-refractivity contribution in [3.05, 3.63) is 56.9 Å². The topological polar surface area (TPSA) is 93.4 Å². The first-order chi connectivity index (χ1) is 14.2. The van der Waals surface area contributed by atoms with Crippen LogP contribution in [0.5, 0.6) is 0 Å². The SMILES string of the molecule is Cn1c(=O)n(C)c2cc(NC(=O)c3cc(S(=O)(=O)N4CCCC4)ccc3Br)ccc21. The molecule has 0 spiro atoms. The molecule has 0 radical (unpaired) electrons. The molecule has 0 atom stereocenters. The predicted octanol–water partition coefficient (Wildman–Crippen LogP) is 2.68. The van der Waals surface area contributed by atoms with E-state index in [1.54, 1.807) is 38.4 Å². The van der Waals surface area contributed by atoms with Crippen molar-refractivity contribution in [3.63, 3.8) is 0 Å². The Balaban J connectivity index is 1.66. The van der Waals surface area contributed by atoms with E-state index in [9.17, 15) is 18.0 Å². The Hall–Kier alpha value is -2.43. The number of aryl methyl sites for hydroxylation is 2. The van der Waals surface area contributed by atoms with E-state index in [0.29, 0.717) is 28.8 Å². The molecule has 3 aromatic rings. The number of nitrogens with zero attached hydrogens (tertiary/aromatic N) is 3. The average Bonchev–Trinajstić information content (AvgIpc) is 3.33. The van der Waals surface area contributed by atoms with Crippen LogP contribution >= 0.6 is 15.9 Å². The van der Waals surface area contributed by atoms with E-state index in [2.05, 4.69) is 21.2 Å². The van der Waals surface area contributed by atoms with Gasteiger partial charge < -0.3 is 5.32 Å². The third-order valence-corrected chi connectivity index (χ3v) is 8.00. The summed E-state index contributed by atoms with van der Waals surface area (Å²) in [6.45, 7) is 0.992. The Morgan fingerprint density at radius 3 is 2.37 bits per heavy atom. The highest BCUT2D eigenvalue weighted by atomic mass is 79.9. The van der Waals surface area contributed by atoms with E-state index in [-0.39, 0.29) is 16.1 Å². The number of aromatic nitrogens is 2. The van der Waals surface area contributed by atoms with Crippen LogP contribution in [-0.4, -0.2) is 40.9 Å². The van der Waals surface area contributed by atoms with Crippen LogP contribution < -0.4 is 11.0 Å². The number of nitrogens with one attached hydrogen (secondary N) is 1. The zero-order valence-corrected chi connectivity index (χ0v) is 19.0. The van der Waals surface area contributed by atoms with Crippen molar-refractivity contribution in [2.24, 2.45) is 14.1 Å². The number of carbonyl (C=O) groups excluding carboxylic acids is 1. The van der Waals surface area contributed by atoms with Gasteiger partial charge in [-0.2, -0.15) is 4.31 Å². The molecular weight excluding hydrogens is 472 g/mol. The van der Waals surface area contributed by atoms with E-state index in [1.807, 2.05) is 0 Å². The van der Waals surface area contributed by atoms with Gasteiger partial charge in [-0.1, -0.05) is 0 Å². The molecular formula is C20H21BrN4O4S. The van der Waals surface area contributed by atoms with Gasteiger partial charge >= 0.3 is 5.69 Å². The second-order valence-electron chi connectivity index (χ2n) is 7.31. The number of hydrogen-bond donors (Lipinski definition) is 1. The van der Waals surface area contributed by atoms with Crippen LogP contribution in [0.4, 0.5) is 5.69 Å². The molecule has 2 aromatic carbocycles. The lowest BCUT2D eigenvalue weighted by Crippen LogP contribution is -2.28. The fourth-order valence-corrected chi connectivity index (χ4v) is 5.67. The Labute approximate surface area is 182 Å². The highest BCUT2D eigenvalue weighted by Gasteiger charge is 2.28. The summed E-state index contributed by atoms with van der Waals surface area (Å²) in [5, 5.41) is 2.79. The molecule has 0 saturated carbocycles. The number of anilines is 1. The van der Waals surface area contributed by atoms with Crippen LogP contribution in [0.3, 0.4) is 0 Å². The number of halogens is 1. The Morgan fingerprint density at radius 1 is 1.00 bits per heavy atom. The van der Waals surface area contributed by atoms with Gasteiger partial charge in [0.1, 0.15) is 0 Å². The standard InChI is InChI=1S/C20H21BrN4O4S/c1-23-17-8-5-13(11-18(17)24(2)20(23)27)22-19(26)15-12-14(6-7-16(15)21)30(28,29)25-9-3-4-10-25/h5-8,11-12H,3-4,9-10H2,1-2H3,(H,22,26). The van der Waals surface area contributed by atoms with E-state index < -0.39 is 15.9 Å². The lowest BCUT2D eigenvalue weighted by atomic mass is 10.2. The van der Waals surface area contributed by atoms with Gasteiger partial charge in [0.25, 0.3) is 5.91 Å². The van der Waals surface area contributed by atoms with Crippen molar-refractivity contribution in [2.75, 3.05) is 18.4 Å². The normalized spacial score (nSPS) is 15.0. The fourth-order valence-electron chi connectivity index (χ4n) is 3.70.